The molecule has 0 radical (unpaired) electrons. The molecule has 0 aliphatic rings. The first-order valence-electron chi connectivity index (χ1n) is 29.6. The lowest BCUT2D eigenvalue weighted by molar-refractivity contribution is 0.866. The Kier molecular flexibility index (Phi) is 10.7. The summed E-state index contributed by atoms with van der Waals surface area (Å²) in [6, 6.07) is 100. The summed E-state index contributed by atoms with van der Waals surface area (Å²) >= 11 is 0. The number of fused-ring (bicyclic) bond motifs is 14. The van der Waals surface area contributed by atoms with Crippen LogP contribution >= 0.6 is 0 Å². The number of rotatable bonds is 10. The zero-order valence-electron chi connectivity index (χ0n) is 47.3. The van der Waals surface area contributed by atoms with Crippen LogP contribution in [0.4, 0.5) is 34.1 Å². The predicted molar refractivity (Wildman–Crippen MR) is 359 cm³/mol. The van der Waals surface area contributed by atoms with Crippen LogP contribution in [0.5, 0.6) is 0 Å². The van der Waals surface area contributed by atoms with Crippen molar-refractivity contribution in [3.63, 3.8) is 0 Å². The van der Waals surface area contributed by atoms with E-state index in [9.17, 15) is 0 Å². The highest BCUT2D eigenvalue weighted by Gasteiger charge is 2.30. The van der Waals surface area contributed by atoms with Gasteiger partial charge in [-0.1, -0.05) is 222 Å². The van der Waals surface area contributed by atoms with Crippen LogP contribution in [0.15, 0.2) is 267 Å². The van der Waals surface area contributed by atoms with Crippen LogP contribution in [-0.2, 0) is 0 Å². The van der Waals surface area contributed by atoms with Gasteiger partial charge in [-0.15, -0.1) is 0 Å². The first-order chi connectivity index (χ1) is 41.4. The highest BCUT2D eigenvalue weighted by atomic mass is 15.2. The Bertz CT molecular complexity index is 5070. The second-order valence-electron chi connectivity index (χ2n) is 23.6. The highest BCUT2D eigenvalue weighted by Crippen LogP contribution is 2.54. The Labute approximate surface area is 487 Å². The fourth-order valence-electron chi connectivity index (χ4n) is 14.4. The van der Waals surface area contributed by atoms with Gasteiger partial charge in [0.2, 0.25) is 0 Å². The number of benzene rings is 13. The minimum atomic E-state index is 0.422. The van der Waals surface area contributed by atoms with Gasteiger partial charge in [-0.05, 0) is 128 Å². The SMILES string of the molecule is CC(C)c1ccc(N(c2ccccc2)c2ccc3c4cc5c(cc4n4c6c(-c7cccc8ccccc78)cccc6c2c34)c2ccc(N(c3ccccc3)c3ccc(C(C)C)cc3)c3c4cccc(-c6cccc7ccccc67)c4n5c23)cc1. The number of hydrogen-bond acceptors (Lipinski definition) is 2. The van der Waals surface area contributed by atoms with Gasteiger partial charge in [0.1, 0.15) is 0 Å². The maximum atomic E-state index is 2.64. The number of nitrogens with zero attached hydrogens (tertiary/aromatic N) is 4. The summed E-state index contributed by atoms with van der Waals surface area (Å²) in [6.07, 6.45) is 0. The summed E-state index contributed by atoms with van der Waals surface area (Å²) in [5.74, 6) is 0.844. The Morgan fingerprint density at radius 1 is 0.262 bits per heavy atom. The largest absolute Gasteiger partial charge is 0.310 e. The molecule has 0 saturated carbocycles. The highest BCUT2D eigenvalue weighted by molar-refractivity contribution is 6.34. The lowest BCUT2D eigenvalue weighted by Crippen LogP contribution is -2.10. The molecule has 0 spiro atoms. The molecule has 4 heterocycles. The van der Waals surface area contributed by atoms with Gasteiger partial charge in [0.05, 0.1) is 44.5 Å². The van der Waals surface area contributed by atoms with Gasteiger partial charge in [-0.25, -0.2) is 0 Å². The topological polar surface area (TPSA) is 15.3 Å². The molecular formula is C80H58N4. The van der Waals surface area contributed by atoms with E-state index in [2.05, 4.69) is 313 Å². The van der Waals surface area contributed by atoms with Gasteiger partial charge in [-0.3, -0.25) is 0 Å². The molecule has 0 aliphatic carbocycles. The monoisotopic (exact) mass is 1070 g/mol. The van der Waals surface area contributed by atoms with Crippen LogP contribution < -0.4 is 9.80 Å². The summed E-state index contributed by atoms with van der Waals surface area (Å²) in [5.41, 5.74) is 21.6. The molecule has 4 heteroatoms. The van der Waals surface area contributed by atoms with E-state index in [0.29, 0.717) is 11.8 Å². The third kappa shape index (κ3) is 7.01. The van der Waals surface area contributed by atoms with Crippen molar-refractivity contribution in [1.82, 2.24) is 8.80 Å². The van der Waals surface area contributed by atoms with Crippen molar-refractivity contribution in [2.45, 2.75) is 39.5 Å². The van der Waals surface area contributed by atoms with E-state index in [1.807, 2.05) is 0 Å². The second kappa shape index (κ2) is 18.6. The number of aromatic nitrogens is 2. The van der Waals surface area contributed by atoms with E-state index >= 15 is 0 Å². The summed E-state index contributed by atoms with van der Waals surface area (Å²) in [4.78, 5) is 4.95. The van der Waals surface area contributed by atoms with Gasteiger partial charge in [-0.2, -0.15) is 0 Å². The van der Waals surface area contributed by atoms with Crippen molar-refractivity contribution in [1.29, 1.82) is 0 Å². The molecule has 0 aliphatic heterocycles. The third-order valence-electron chi connectivity index (χ3n) is 18.3. The van der Waals surface area contributed by atoms with Crippen LogP contribution in [0.1, 0.15) is 50.7 Å². The summed E-state index contributed by atoms with van der Waals surface area (Å²) in [5, 5.41) is 14.8. The Morgan fingerprint density at radius 2 is 0.607 bits per heavy atom. The van der Waals surface area contributed by atoms with Crippen molar-refractivity contribution in [3.05, 3.63) is 278 Å². The van der Waals surface area contributed by atoms with Crippen molar-refractivity contribution in [2.75, 3.05) is 9.80 Å². The summed E-state index contributed by atoms with van der Waals surface area (Å²) in [7, 11) is 0. The molecule has 17 rings (SSSR count). The molecule has 0 saturated heterocycles. The second-order valence-corrected chi connectivity index (χ2v) is 23.6. The summed E-state index contributed by atoms with van der Waals surface area (Å²) in [6.45, 7) is 9.08. The average Bonchev–Trinajstić information content (AvgIpc) is 1.68. The van der Waals surface area contributed by atoms with Gasteiger partial charge < -0.3 is 18.6 Å². The van der Waals surface area contributed by atoms with E-state index in [1.54, 1.807) is 0 Å². The molecule has 0 fully saturated rings. The van der Waals surface area contributed by atoms with E-state index < -0.39 is 0 Å². The lowest BCUT2D eigenvalue weighted by Gasteiger charge is -2.27. The van der Waals surface area contributed by atoms with Gasteiger partial charge >= 0.3 is 0 Å². The quantitative estimate of drug-likeness (QED) is 0.136. The molecule has 398 valence electrons. The molecule has 0 unspecified atom stereocenters. The number of para-hydroxylation sites is 4. The van der Waals surface area contributed by atoms with Crippen LogP contribution in [0.25, 0.3) is 120 Å². The molecule has 0 bridgehead atoms. The van der Waals surface area contributed by atoms with Gasteiger partial charge in [0, 0.05) is 77.0 Å². The predicted octanol–water partition coefficient (Wildman–Crippen LogP) is 22.8. The zero-order valence-corrected chi connectivity index (χ0v) is 47.3. The lowest BCUT2D eigenvalue weighted by atomic mass is 9.95. The molecule has 84 heavy (non-hydrogen) atoms. The first-order valence-corrected chi connectivity index (χ1v) is 29.6. The van der Waals surface area contributed by atoms with Crippen LogP contribution in [0.3, 0.4) is 0 Å². The molecular weight excluding hydrogens is 1020 g/mol. The molecule has 0 atom stereocenters. The Balaban J connectivity index is 1.03. The molecule has 4 aromatic heterocycles. The Morgan fingerprint density at radius 3 is 1.02 bits per heavy atom. The van der Waals surface area contributed by atoms with Crippen molar-refractivity contribution >= 4 is 132 Å². The summed E-state index contributed by atoms with van der Waals surface area (Å²) < 4.78 is 5.27. The average molecular weight is 1080 g/mol. The normalized spacial score (nSPS) is 12.3. The first kappa shape index (κ1) is 48.3. The van der Waals surface area contributed by atoms with E-state index in [4.69, 9.17) is 0 Å². The molecule has 13 aromatic carbocycles. The van der Waals surface area contributed by atoms with Crippen LogP contribution in [0, 0.1) is 0 Å². The molecule has 0 N–H and O–H groups in total. The third-order valence-corrected chi connectivity index (χ3v) is 18.3. The fraction of sp³-hybridized carbons (Fsp3) is 0.0750. The minimum absolute atomic E-state index is 0.422. The number of hydrogen-bond donors (Lipinski definition) is 0. The maximum Gasteiger partial charge on any atom is 0.0641 e. The maximum absolute atomic E-state index is 2.64. The van der Waals surface area contributed by atoms with Gasteiger partial charge in [0.25, 0.3) is 0 Å². The van der Waals surface area contributed by atoms with Crippen molar-refractivity contribution in [2.24, 2.45) is 0 Å². The fourth-order valence-corrected chi connectivity index (χ4v) is 14.4. The number of anilines is 6. The molecule has 0 amide bonds. The van der Waals surface area contributed by atoms with Crippen molar-refractivity contribution < 1.29 is 0 Å². The molecule has 17 aromatic rings. The molecule has 4 nitrogen and oxygen atoms in total. The zero-order chi connectivity index (χ0) is 55.9. The van der Waals surface area contributed by atoms with Crippen LogP contribution in [-0.4, -0.2) is 8.80 Å². The van der Waals surface area contributed by atoms with E-state index in [0.717, 1.165) is 34.1 Å². The van der Waals surface area contributed by atoms with Crippen molar-refractivity contribution in [3.8, 4) is 22.3 Å². The smallest absolute Gasteiger partial charge is 0.0641 e. The van der Waals surface area contributed by atoms with Crippen LogP contribution in [0.2, 0.25) is 0 Å². The van der Waals surface area contributed by atoms with E-state index in [-0.39, 0.29) is 0 Å². The van der Waals surface area contributed by atoms with Gasteiger partial charge in [0.15, 0.2) is 0 Å². The van der Waals surface area contributed by atoms with E-state index in [1.165, 1.54) is 131 Å². The minimum Gasteiger partial charge on any atom is -0.310 e. The standard InChI is InChI=1S/C80H58N4/c1-49(2)51-35-39-57(40-36-51)81(55-23-7-5-8-24-55)71-45-43-65-69-47-74-70(48-73(69)83-77-63(31-17-33-67(77)75(71)79(65)83)61-29-15-21-53-19-11-13-27-59(53)61)66-44-46-72(82(56-25-9-6-10-26-56)58-41-37-52(38-42-58)50(3)4)76-68-34-18-32-64(78(68)84(74)80(66)76)62-30-16-22-54-20-12-14-28-60(54)62/h5-50H,1-4H3. The Hall–Kier alpha value is -10.4.